The van der Waals surface area contributed by atoms with Crippen LogP contribution < -0.4 is 10.2 Å². The molecular weight excluding hydrogens is 415 g/mol. The third kappa shape index (κ3) is 5.05. The zero-order chi connectivity index (χ0) is 21.8. The second-order valence-corrected chi connectivity index (χ2v) is 8.87. The normalized spacial score (nSPS) is 15.0. The van der Waals surface area contributed by atoms with Crippen LogP contribution in [0.3, 0.4) is 0 Å². The molecule has 31 heavy (non-hydrogen) atoms. The summed E-state index contributed by atoms with van der Waals surface area (Å²) in [7, 11) is 0. The van der Waals surface area contributed by atoms with Gasteiger partial charge in [0.1, 0.15) is 17.3 Å². The molecule has 7 heteroatoms. The Labute approximate surface area is 184 Å². The van der Waals surface area contributed by atoms with E-state index in [1.165, 1.54) is 34.4 Å². The van der Waals surface area contributed by atoms with Crippen molar-refractivity contribution in [1.82, 2.24) is 5.32 Å². The number of rotatable bonds is 7. The lowest BCUT2D eigenvalue weighted by Crippen LogP contribution is -2.46. The van der Waals surface area contributed by atoms with E-state index in [9.17, 15) is 14.0 Å². The number of nitrogens with one attached hydrogen (secondary N) is 1. The molecular formula is C24H25FN2O3S. The molecule has 2 amide bonds. The Balaban J connectivity index is 1.74. The van der Waals surface area contributed by atoms with Crippen LogP contribution in [0.25, 0.3) is 0 Å². The second-order valence-electron chi connectivity index (χ2n) is 7.84. The first-order chi connectivity index (χ1) is 15.0. The largest absolute Gasteiger partial charge is 0.464 e. The average molecular weight is 441 g/mol. The predicted octanol–water partition coefficient (Wildman–Crippen LogP) is 5.16. The van der Waals surface area contributed by atoms with Gasteiger partial charge in [-0.2, -0.15) is 0 Å². The molecule has 0 saturated heterocycles. The molecule has 0 spiro atoms. The van der Waals surface area contributed by atoms with Gasteiger partial charge in [0.25, 0.3) is 5.91 Å². The van der Waals surface area contributed by atoms with Crippen molar-refractivity contribution in [2.24, 2.45) is 0 Å². The molecule has 3 aromatic rings. The van der Waals surface area contributed by atoms with Gasteiger partial charge in [0.2, 0.25) is 5.91 Å². The van der Waals surface area contributed by atoms with Crippen molar-refractivity contribution >= 4 is 28.8 Å². The topological polar surface area (TPSA) is 62.6 Å². The standard InChI is InChI=1S/C24H25FN2O3S/c1-16-11-12-21(30-16)23(24(29)26-18-7-2-3-8-18)27(19-9-4-6-17(25)14-19)22(28)15-20-10-5-13-31-20/h4-6,9-14,18,23H,2-3,7-8,15H2,1H3,(H,26,29)/t23-/m1/s1. The third-order valence-corrected chi connectivity index (χ3v) is 6.38. The Morgan fingerprint density at radius 3 is 2.65 bits per heavy atom. The highest BCUT2D eigenvalue weighted by Gasteiger charge is 2.36. The van der Waals surface area contributed by atoms with E-state index in [2.05, 4.69) is 5.32 Å². The van der Waals surface area contributed by atoms with Crippen molar-refractivity contribution < 1.29 is 18.4 Å². The number of thiophene rings is 1. The van der Waals surface area contributed by atoms with E-state index in [0.717, 1.165) is 30.6 Å². The van der Waals surface area contributed by atoms with Crippen molar-refractivity contribution in [3.8, 4) is 0 Å². The van der Waals surface area contributed by atoms with Gasteiger partial charge in [-0.25, -0.2) is 4.39 Å². The van der Waals surface area contributed by atoms with Crippen LogP contribution in [0.2, 0.25) is 0 Å². The number of furan rings is 1. The summed E-state index contributed by atoms with van der Waals surface area (Å²) in [5.41, 5.74) is 0.321. The summed E-state index contributed by atoms with van der Waals surface area (Å²) in [5.74, 6) is -0.0916. The van der Waals surface area contributed by atoms with E-state index in [-0.39, 0.29) is 24.3 Å². The molecule has 1 aliphatic carbocycles. The third-order valence-electron chi connectivity index (χ3n) is 5.50. The summed E-state index contributed by atoms with van der Waals surface area (Å²) >= 11 is 1.47. The summed E-state index contributed by atoms with van der Waals surface area (Å²) in [6.45, 7) is 1.79. The van der Waals surface area contributed by atoms with Crippen LogP contribution in [0.1, 0.15) is 48.1 Å². The molecule has 4 rings (SSSR count). The SMILES string of the molecule is Cc1ccc([C@H](C(=O)NC2CCCC2)N(C(=O)Cc2cccs2)c2cccc(F)c2)o1. The van der Waals surface area contributed by atoms with Gasteiger partial charge in [-0.3, -0.25) is 14.5 Å². The molecule has 0 unspecified atom stereocenters. The molecule has 1 saturated carbocycles. The van der Waals surface area contributed by atoms with Gasteiger partial charge in [0, 0.05) is 16.6 Å². The Morgan fingerprint density at radius 1 is 1.19 bits per heavy atom. The average Bonchev–Trinajstić information content (AvgIpc) is 3.49. The summed E-state index contributed by atoms with van der Waals surface area (Å²) in [4.78, 5) is 29.2. The minimum absolute atomic E-state index is 0.0767. The first-order valence-corrected chi connectivity index (χ1v) is 11.4. The fourth-order valence-electron chi connectivity index (χ4n) is 4.03. The quantitative estimate of drug-likeness (QED) is 0.552. The number of nitrogens with zero attached hydrogens (tertiary/aromatic N) is 1. The number of hydrogen-bond donors (Lipinski definition) is 1. The van der Waals surface area contributed by atoms with Crippen LogP contribution in [-0.4, -0.2) is 17.9 Å². The van der Waals surface area contributed by atoms with Crippen LogP contribution in [0.4, 0.5) is 10.1 Å². The monoisotopic (exact) mass is 440 g/mol. The molecule has 1 fully saturated rings. The lowest BCUT2D eigenvalue weighted by molar-refractivity contribution is -0.127. The van der Waals surface area contributed by atoms with E-state index >= 15 is 0 Å². The van der Waals surface area contributed by atoms with Crippen molar-refractivity contribution in [2.45, 2.75) is 51.1 Å². The van der Waals surface area contributed by atoms with E-state index in [0.29, 0.717) is 17.2 Å². The molecule has 1 aliphatic rings. The number of benzene rings is 1. The fraction of sp³-hybridized carbons (Fsp3) is 0.333. The van der Waals surface area contributed by atoms with Crippen molar-refractivity contribution in [3.05, 3.63) is 76.1 Å². The van der Waals surface area contributed by atoms with E-state index in [4.69, 9.17) is 4.42 Å². The first kappa shape index (κ1) is 21.3. The molecule has 2 aromatic heterocycles. The zero-order valence-corrected chi connectivity index (χ0v) is 18.2. The van der Waals surface area contributed by atoms with Gasteiger partial charge in [0.05, 0.1) is 6.42 Å². The molecule has 0 bridgehead atoms. The number of amides is 2. The van der Waals surface area contributed by atoms with Gasteiger partial charge in [-0.05, 0) is 61.5 Å². The molecule has 162 valence electrons. The first-order valence-electron chi connectivity index (χ1n) is 10.5. The molecule has 2 heterocycles. The second kappa shape index (κ2) is 9.47. The van der Waals surface area contributed by atoms with Gasteiger partial charge >= 0.3 is 0 Å². The Bertz CT molecular complexity index is 1040. The van der Waals surface area contributed by atoms with Gasteiger partial charge in [-0.15, -0.1) is 11.3 Å². The van der Waals surface area contributed by atoms with Crippen molar-refractivity contribution in [1.29, 1.82) is 0 Å². The highest BCUT2D eigenvalue weighted by molar-refractivity contribution is 7.10. The van der Waals surface area contributed by atoms with Gasteiger partial charge < -0.3 is 9.73 Å². The van der Waals surface area contributed by atoms with Gasteiger partial charge in [0.15, 0.2) is 6.04 Å². The molecule has 0 radical (unpaired) electrons. The number of anilines is 1. The molecule has 5 nitrogen and oxygen atoms in total. The molecule has 1 atom stereocenters. The van der Waals surface area contributed by atoms with Crippen molar-refractivity contribution in [3.63, 3.8) is 0 Å². The van der Waals surface area contributed by atoms with E-state index < -0.39 is 11.9 Å². The lowest BCUT2D eigenvalue weighted by Gasteiger charge is -2.31. The highest BCUT2D eigenvalue weighted by atomic mass is 32.1. The number of carbonyl (C=O) groups excluding carboxylic acids is 2. The number of aryl methyl sites for hydroxylation is 1. The summed E-state index contributed by atoms with van der Waals surface area (Å²) in [5, 5.41) is 4.98. The van der Waals surface area contributed by atoms with Crippen LogP contribution in [0, 0.1) is 12.7 Å². The van der Waals surface area contributed by atoms with E-state index in [1.54, 1.807) is 25.1 Å². The smallest absolute Gasteiger partial charge is 0.251 e. The fourth-order valence-corrected chi connectivity index (χ4v) is 4.73. The summed E-state index contributed by atoms with van der Waals surface area (Å²) in [6.07, 6.45) is 4.08. The van der Waals surface area contributed by atoms with Crippen LogP contribution in [-0.2, 0) is 16.0 Å². The van der Waals surface area contributed by atoms with Crippen LogP contribution in [0.5, 0.6) is 0 Å². The zero-order valence-electron chi connectivity index (χ0n) is 17.3. The van der Waals surface area contributed by atoms with Crippen LogP contribution >= 0.6 is 11.3 Å². The number of halogens is 1. The molecule has 1 N–H and O–H groups in total. The summed E-state index contributed by atoms with van der Waals surface area (Å²) in [6, 6.07) is 12.0. The Kier molecular flexibility index (Phi) is 6.51. The minimum atomic E-state index is -1.02. The maximum Gasteiger partial charge on any atom is 0.251 e. The van der Waals surface area contributed by atoms with E-state index in [1.807, 2.05) is 17.5 Å². The lowest BCUT2D eigenvalue weighted by atomic mass is 10.1. The minimum Gasteiger partial charge on any atom is -0.464 e. The molecule has 1 aromatic carbocycles. The maximum atomic E-state index is 14.1. The highest BCUT2D eigenvalue weighted by Crippen LogP contribution is 2.31. The Hall–Kier alpha value is -2.93. The number of carbonyl (C=O) groups is 2. The molecule has 0 aliphatic heterocycles. The predicted molar refractivity (Wildman–Crippen MR) is 118 cm³/mol. The van der Waals surface area contributed by atoms with Crippen LogP contribution in [0.15, 0.2) is 58.3 Å². The summed E-state index contributed by atoms with van der Waals surface area (Å²) < 4.78 is 19.9. The number of hydrogen-bond acceptors (Lipinski definition) is 4. The maximum absolute atomic E-state index is 14.1. The Morgan fingerprint density at radius 2 is 2.00 bits per heavy atom. The van der Waals surface area contributed by atoms with Gasteiger partial charge in [-0.1, -0.05) is 25.0 Å². The van der Waals surface area contributed by atoms with Crippen molar-refractivity contribution in [2.75, 3.05) is 4.90 Å².